The Kier molecular flexibility index (Phi) is 7.16. The quantitative estimate of drug-likeness (QED) is 0.192. The molecule has 41 heavy (non-hydrogen) atoms. The van der Waals surface area contributed by atoms with Gasteiger partial charge in [-0.25, -0.2) is 14.1 Å². The molecule has 1 aliphatic rings. The van der Waals surface area contributed by atoms with Crippen molar-refractivity contribution in [3.05, 3.63) is 99.9 Å². The molecule has 3 aromatic rings. The fourth-order valence-electron chi connectivity index (χ4n) is 4.39. The van der Waals surface area contributed by atoms with E-state index in [1.54, 1.807) is 0 Å². The number of hydrogen-bond donors (Lipinski definition) is 0. The number of carbonyl (C=O) groups excluding carboxylic acids is 3. The number of nitrogens with zero attached hydrogens (tertiary/aromatic N) is 3. The highest BCUT2D eigenvalue weighted by Crippen LogP contribution is 2.38. The first-order chi connectivity index (χ1) is 19.0. The van der Waals surface area contributed by atoms with Crippen molar-refractivity contribution in [2.75, 3.05) is 4.90 Å². The number of ketones is 1. The third-order valence-electron chi connectivity index (χ3n) is 6.61. The number of amides is 3. The van der Waals surface area contributed by atoms with Crippen molar-refractivity contribution in [1.29, 1.82) is 5.26 Å². The zero-order chi connectivity index (χ0) is 30.5. The van der Waals surface area contributed by atoms with Crippen molar-refractivity contribution >= 4 is 23.4 Å². The molecular weight excluding hydrogens is 559 g/mol. The van der Waals surface area contributed by atoms with Gasteiger partial charge >= 0.3 is 18.4 Å². The van der Waals surface area contributed by atoms with Crippen LogP contribution in [0.15, 0.2) is 60.7 Å². The molecule has 1 saturated heterocycles. The highest BCUT2D eigenvalue weighted by Gasteiger charge is 2.52. The van der Waals surface area contributed by atoms with Gasteiger partial charge in [-0.3, -0.25) is 9.59 Å². The van der Waals surface area contributed by atoms with Gasteiger partial charge < -0.3 is 4.90 Å². The molecule has 0 radical (unpaired) electrons. The number of imide groups is 1. The summed E-state index contributed by atoms with van der Waals surface area (Å²) in [6.45, 7) is 2.09. The Hall–Kier alpha value is -4.73. The molecule has 4 rings (SSSR count). The Bertz CT molecular complexity index is 1620. The Morgan fingerprint density at radius 2 is 1.61 bits per heavy atom. The highest BCUT2D eigenvalue weighted by atomic mass is 19.4. The van der Waals surface area contributed by atoms with E-state index in [9.17, 15) is 45.1 Å². The maximum atomic E-state index is 14.2. The third-order valence-corrected chi connectivity index (χ3v) is 6.61. The molecule has 0 atom stereocenters. The van der Waals surface area contributed by atoms with Gasteiger partial charge in [0.1, 0.15) is 11.4 Å². The number of alkyl halides is 6. The molecule has 6 nitrogen and oxygen atoms in total. The second kappa shape index (κ2) is 10.0. The lowest BCUT2D eigenvalue weighted by atomic mass is 9.95. The second-order valence-electron chi connectivity index (χ2n) is 9.62. The number of urea groups is 1. The predicted octanol–water partition coefficient (Wildman–Crippen LogP) is 6.71. The SMILES string of the molecule is CC1(C)C(=O)N(c2ccc(C#N)c(C(F)(F)F)c2)C(=O)N1Cc1ccc(F)cc1C(=O)c1cccc(C(F)(F)F)c1. The van der Waals surface area contributed by atoms with Crippen molar-refractivity contribution in [2.45, 2.75) is 38.3 Å². The van der Waals surface area contributed by atoms with Gasteiger partial charge in [0.25, 0.3) is 5.91 Å². The summed E-state index contributed by atoms with van der Waals surface area (Å²) in [5.74, 6) is -2.81. The molecule has 0 saturated carbocycles. The lowest BCUT2D eigenvalue weighted by Gasteiger charge is -2.28. The molecule has 0 bridgehead atoms. The lowest BCUT2D eigenvalue weighted by Crippen LogP contribution is -2.43. The molecule has 1 fully saturated rings. The lowest BCUT2D eigenvalue weighted by molar-refractivity contribution is -0.138. The monoisotopic (exact) mass is 577 g/mol. The summed E-state index contributed by atoms with van der Waals surface area (Å²) in [4.78, 5) is 41.3. The number of hydrogen-bond acceptors (Lipinski definition) is 4. The minimum Gasteiger partial charge on any atom is -0.305 e. The van der Waals surface area contributed by atoms with Crippen molar-refractivity contribution in [3.8, 4) is 6.07 Å². The van der Waals surface area contributed by atoms with Crippen LogP contribution in [-0.2, 0) is 23.7 Å². The summed E-state index contributed by atoms with van der Waals surface area (Å²) < 4.78 is 94.3. The van der Waals surface area contributed by atoms with Crippen LogP contribution >= 0.6 is 0 Å². The Morgan fingerprint density at radius 3 is 2.22 bits per heavy atom. The molecule has 0 aliphatic carbocycles. The molecule has 13 heteroatoms. The molecule has 3 aromatic carbocycles. The maximum absolute atomic E-state index is 14.2. The Labute approximate surface area is 228 Å². The highest BCUT2D eigenvalue weighted by molar-refractivity contribution is 6.23. The van der Waals surface area contributed by atoms with Crippen LogP contribution in [0.2, 0.25) is 0 Å². The van der Waals surface area contributed by atoms with Crippen molar-refractivity contribution in [3.63, 3.8) is 0 Å². The number of carbonyl (C=O) groups is 3. The minimum absolute atomic E-state index is 0.0271. The topological polar surface area (TPSA) is 81.5 Å². The van der Waals surface area contributed by atoms with Crippen LogP contribution < -0.4 is 4.90 Å². The average Bonchev–Trinajstić information content (AvgIpc) is 3.06. The smallest absolute Gasteiger partial charge is 0.305 e. The third kappa shape index (κ3) is 5.37. The van der Waals surface area contributed by atoms with Gasteiger partial charge in [-0.15, -0.1) is 0 Å². The fourth-order valence-corrected chi connectivity index (χ4v) is 4.39. The van der Waals surface area contributed by atoms with Crippen LogP contribution in [0.5, 0.6) is 0 Å². The molecule has 0 unspecified atom stereocenters. The van der Waals surface area contributed by atoms with Crippen LogP contribution in [0.3, 0.4) is 0 Å². The Morgan fingerprint density at radius 1 is 0.927 bits per heavy atom. The van der Waals surface area contributed by atoms with E-state index in [0.29, 0.717) is 17.0 Å². The summed E-state index contributed by atoms with van der Waals surface area (Å²) in [5.41, 5.74) is -6.14. The summed E-state index contributed by atoms with van der Waals surface area (Å²) in [6, 6.07) is 8.95. The molecular formula is C28H18F7N3O3. The first kappa shape index (κ1) is 29.3. The van der Waals surface area contributed by atoms with Crippen LogP contribution in [0.4, 0.5) is 41.2 Å². The maximum Gasteiger partial charge on any atom is 0.417 e. The van der Waals surface area contributed by atoms with Crippen molar-refractivity contribution < 1.29 is 45.1 Å². The standard InChI is InChI=1S/C28H18F7N3O3/c1-26(2)24(40)38(20-9-7-16(13-36)22(12-20)28(33,34)35)25(41)37(26)14-17-6-8-19(29)11-21(17)23(39)15-4-3-5-18(10-15)27(30,31)32/h3-12H,14H2,1-2H3. The van der Waals surface area contributed by atoms with E-state index in [1.165, 1.54) is 19.9 Å². The van der Waals surface area contributed by atoms with Crippen molar-refractivity contribution in [1.82, 2.24) is 4.90 Å². The van der Waals surface area contributed by atoms with Crippen LogP contribution in [0, 0.1) is 17.1 Å². The van der Waals surface area contributed by atoms with Crippen LogP contribution in [0.1, 0.15) is 52.0 Å². The first-order valence-corrected chi connectivity index (χ1v) is 11.7. The summed E-state index contributed by atoms with van der Waals surface area (Å²) in [7, 11) is 0. The van der Waals surface area contributed by atoms with Crippen LogP contribution in [0.25, 0.3) is 0 Å². The predicted molar refractivity (Wildman–Crippen MR) is 130 cm³/mol. The molecule has 3 amide bonds. The minimum atomic E-state index is -4.96. The molecule has 1 heterocycles. The fraction of sp³-hybridized carbons (Fsp3) is 0.214. The average molecular weight is 577 g/mol. The van der Waals surface area contributed by atoms with Crippen molar-refractivity contribution in [2.24, 2.45) is 0 Å². The number of halogens is 7. The molecule has 1 aliphatic heterocycles. The number of nitriles is 1. The molecule has 0 spiro atoms. The zero-order valence-corrected chi connectivity index (χ0v) is 21.2. The van der Waals surface area contributed by atoms with E-state index in [1.807, 2.05) is 0 Å². The van der Waals surface area contributed by atoms with E-state index in [-0.39, 0.29) is 11.1 Å². The van der Waals surface area contributed by atoms with E-state index >= 15 is 0 Å². The summed E-state index contributed by atoms with van der Waals surface area (Å²) >= 11 is 0. The van der Waals surface area contributed by atoms with Gasteiger partial charge in [0.05, 0.1) is 28.4 Å². The van der Waals surface area contributed by atoms with E-state index in [4.69, 9.17) is 5.26 Å². The van der Waals surface area contributed by atoms with E-state index in [0.717, 1.165) is 53.4 Å². The van der Waals surface area contributed by atoms with Gasteiger partial charge in [0, 0.05) is 17.7 Å². The van der Waals surface area contributed by atoms with E-state index < -0.39 is 75.9 Å². The first-order valence-electron chi connectivity index (χ1n) is 11.7. The van der Waals surface area contributed by atoms with Gasteiger partial charge in [0.2, 0.25) is 0 Å². The normalized spacial score (nSPS) is 15.3. The van der Waals surface area contributed by atoms with Gasteiger partial charge in [-0.1, -0.05) is 18.2 Å². The van der Waals surface area contributed by atoms with Gasteiger partial charge in [-0.05, 0) is 61.9 Å². The number of anilines is 1. The van der Waals surface area contributed by atoms with Crippen LogP contribution in [-0.4, -0.2) is 28.2 Å². The largest absolute Gasteiger partial charge is 0.417 e. The molecule has 0 aromatic heterocycles. The summed E-state index contributed by atoms with van der Waals surface area (Å²) in [6.07, 6.45) is -9.72. The molecule has 0 N–H and O–H groups in total. The van der Waals surface area contributed by atoms with E-state index in [2.05, 4.69) is 0 Å². The molecule has 212 valence electrons. The summed E-state index contributed by atoms with van der Waals surface area (Å²) in [5, 5.41) is 9.04. The number of rotatable bonds is 5. The zero-order valence-electron chi connectivity index (χ0n) is 21.2. The number of benzene rings is 3. The Balaban J connectivity index is 1.74. The van der Waals surface area contributed by atoms with Gasteiger partial charge in [-0.2, -0.15) is 31.6 Å². The van der Waals surface area contributed by atoms with Gasteiger partial charge in [0.15, 0.2) is 5.78 Å². The second-order valence-corrected chi connectivity index (χ2v) is 9.62.